The molecule has 2 aliphatic rings. The smallest absolute Gasteiger partial charge is 0.123 e. The van der Waals surface area contributed by atoms with E-state index in [1.54, 1.807) is 12.1 Å². The van der Waals surface area contributed by atoms with Gasteiger partial charge in [-0.3, -0.25) is 0 Å². The predicted molar refractivity (Wildman–Crippen MR) is 89.5 cm³/mol. The molecule has 1 aliphatic heterocycles. The van der Waals surface area contributed by atoms with Crippen LogP contribution in [0.25, 0.3) is 0 Å². The molecule has 0 aromatic heterocycles. The average Bonchev–Trinajstić information content (AvgIpc) is 3.00. The maximum absolute atomic E-state index is 13.0. The molecule has 0 bridgehead atoms. The van der Waals surface area contributed by atoms with Crippen molar-refractivity contribution in [3.63, 3.8) is 0 Å². The Balaban J connectivity index is 1.50. The van der Waals surface area contributed by atoms with Crippen LogP contribution in [-0.4, -0.2) is 37.6 Å². The van der Waals surface area contributed by atoms with Crippen LogP contribution in [0, 0.1) is 17.7 Å². The van der Waals surface area contributed by atoms with Crippen molar-refractivity contribution in [1.29, 1.82) is 0 Å². The summed E-state index contributed by atoms with van der Waals surface area (Å²) in [6.45, 7) is 3.51. The lowest BCUT2D eigenvalue weighted by atomic mass is 9.88. The summed E-state index contributed by atoms with van der Waals surface area (Å²) in [4.78, 5) is 2.45. The van der Waals surface area contributed by atoms with Gasteiger partial charge in [-0.15, -0.1) is 0 Å². The van der Waals surface area contributed by atoms with Gasteiger partial charge in [0, 0.05) is 19.1 Å². The first-order chi connectivity index (χ1) is 10.7. The van der Waals surface area contributed by atoms with E-state index in [-0.39, 0.29) is 5.82 Å². The number of hydrogen-bond acceptors (Lipinski definition) is 2. The van der Waals surface area contributed by atoms with Crippen LogP contribution in [0.1, 0.15) is 37.7 Å². The first kappa shape index (κ1) is 15.9. The van der Waals surface area contributed by atoms with E-state index in [4.69, 9.17) is 0 Å². The van der Waals surface area contributed by atoms with Crippen molar-refractivity contribution < 1.29 is 4.39 Å². The Hall–Kier alpha value is -0.930. The normalized spacial score (nSPS) is 27.4. The zero-order valence-corrected chi connectivity index (χ0v) is 13.7. The molecule has 0 radical (unpaired) electrons. The summed E-state index contributed by atoms with van der Waals surface area (Å²) in [6, 6.07) is 7.65. The van der Waals surface area contributed by atoms with Crippen molar-refractivity contribution >= 4 is 0 Å². The zero-order chi connectivity index (χ0) is 15.4. The summed E-state index contributed by atoms with van der Waals surface area (Å²) >= 11 is 0. The van der Waals surface area contributed by atoms with Gasteiger partial charge >= 0.3 is 0 Å². The minimum atomic E-state index is -0.138. The molecule has 1 aliphatic carbocycles. The van der Waals surface area contributed by atoms with Crippen LogP contribution in [-0.2, 0) is 6.42 Å². The Kier molecular flexibility index (Phi) is 5.48. The molecule has 0 amide bonds. The molecule has 0 spiro atoms. The molecule has 1 saturated heterocycles. The molecule has 1 aromatic rings. The third-order valence-corrected chi connectivity index (χ3v) is 5.33. The zero-order valence-electron chi connectivity index (χ0n) is 13.7. The van der Waals surface area contributed by atoms with Crippen LogP contribution in [0.2, 0.25) is 0 Å². The van der Waals surface area contributed by atoms with E-state index in [0.29, 0.717) is 12.0 Å². The van der Waals surface area contributed by atoms with E-state index < -0.39 is 0 Å². The van der Waals surface area contributed by atoms with Gasteiger partial charge in [-0.2, -0.15) is 0 Å². The Morgan fingerprint density at radius 2 is 1.82 bits per heavy atom. The molecule has 3 rings (SSSR count). The first-order valence-corrected chi connectivity index (χ1v) is 8.85. The number of rotatable bonds is 5. The standard InChI is InChI=1S/C19H29FN2/c1-22-13-17(10-15-6-8-18(20)9-7-15)11-19(14-22)21-12-16-4-2-3-5-16/h6-9,16-17,19,21H,2-5,10-14H2,1H3. The number of hydrogen-bond donors (Lipinski definition) is 1. The molecule has 2 nitrogen and oxygen atoms in total. The molecule has 22 heavy (non-hydrogen) atoms. The van der Waals surface area contributed by atoms with Gasteiger partial charge in [0.05, 0.1) is 0 Å². The quantitative estimate of drug-likeness (QED) is 0.896. The topological polar surface area (TPSA) is 15.3 Å². The Labute approximate surface area is 134 Å². The second-order valence-corrected chi connectivity index (χ2v) is 7.41. The Morgan fingerprint density at radius 3 is 2.55 bits per heavy atom. The van der Waals surface area contributed by atoms with Crippen molar-refractivity contribution in [2.45, 2.75) is 44.6 Å². The number of likely N-dealkylation sites (tertiary alicyclic amines) is 1. The number of likely N-dealkylation sites (N-methyl/N-ethyl adjacent to an activating group) is 1. The van der Waals surface area contributed by atoms with Crippen molar-refractivity contribution in [2.24, 2.45) is 11.8 Å². The van der Waals surface area contributed by atoms with Crippen LogP contribution in [0.3, 0.4) is 0 Å². The van der Waals surface area contributed by atoms with Gasteiger partial charge in [-0.1, -0.05) is 25.0 Å². The minimum absolute atomic E-state index is 0.138. The SMILES string of the molecule is CN1CC(Cc2ccc(F)cc2)CC(NCC2CCCC2)C1. The van der Waals surface area contributed by atoms with Gasteiger partial charge in [-0.25, -0.2) is 4.39 Å². The van der Waals surface area contributed by atoms with Crippen LogP contribution in [0.5, 0.6) is 0 Å². The van der Waals surface area contributed by atoms with Crippen molar-refractivity contribution in [2.75, 3.05) is 26.7 Å². The predicted octanol–water partition coefficient (Wildman–Crippen LogP) is 3.47. The highest BCUT2D eigenvalue weighted by Gasteiger charge is 2.26. The first-order valence-electron chi connectivity index (χ1n) is 8.85. The number of nitrogens with one attached hydrogen (secondary N) is 1. The molecule has 2 atom stereocenters. The van der Waals surface area contributed by atoms with E-state index in [0.717, 1.165) is 25.4 Å². The van der Waals surface area contributed by atoms with Gasteiger partial charge in [-0.05, 0) is 68.8 Å². The van der Waals surface area contributed by atoms with E-state index in [9.17, 15) is 4.39 Å². The Bertz CT molecular complexity index is 453. The number of benzene rings is 1. The molecule has 2 fully saturated rings. The van der Waals surface area contributed by atoms with E-state index in [1.165, 1.54) is 44.2 Å². The third kappa shape index (κ3) is 4.53. The second kappa shape index (κ2) is 7.56. The Morgan fingerprint density at radius 1 is 1.09 bits per heavy atom. The fraction of sp³-hybridized carbons (Fsp3) is 0.684. The number of halogens is 1. The van der Waals surface area contributed by atoms with Gasteiger partial charge in [0.1, 0.15) is 5.82 Å². The van der Waals surface area contributed by atoms with Gasteiger partial charge in [0.2, 0.25) is 0 Å². The summed E-state index contributed by atoms with van der Waals surface area (Å²) in [5.74, 6) is 1.44. The van der Waals surface area contributed by atoms with Crippen molar-refractivity contribution in [3.05, 3.63) is 35.6 Å². The van der Waals surface area contributed by atoms with Crippen molar-refractivity contribution in [3.8, 4) is 0 Å². The van der Waals surface area contributed by atoms with Crippen LogP contribution in [0.4, 0.5) is 4.39 Å². The van der Waals surface area contributed by atoms with Crippen LogP contribution in [0.15, 0.2) is 24.3 Å². The van der Waals surface area contributed by atoms with Crippen LogP contribution < -0.4 is 5.32 Å². The lowest BCUT2D eigenvalue weighted by molar-refractivity contribution is 0.165. The maximum atomic E-state index is 13.0. The summed E-state index contributed by atoms with van der Waals surface area (Å²) in [5, 5.41) is 3.82. The summed E-state index contributed by atoms with van der Waals surface area (Å²) in [5.41, 5.74) is 1.26. The molecule has 3 heteroatoms. The van der Waals surface area contributed by atoms with E-state index >= 15 is 0 Å². The third-order valence-electron chi connectivity index (χ3n) is 5.33. The second-order valence-electron chi connectivity index (χ2n) is 7.41. The maximum Gasteiger partial charge on any atom is 0.123 e. The number of piperidine rings is 1. The molecule has 1 aromatic carbocycles. The molecule has 1 saturated carbocycles. The number of nitrogens with zero attached hydrogens (tertiary/aromatic N) is 1. The largest absolute Gasteiger partial charge is 0.312 e. The average molecular weight is 304 g/mol. The molecular weight excluding hydrogens is 275 g/mol. The molecule has 122 valence electrons. The molecule has 2 unspecified atom stereocenters. The van der Waals surface area contributed by atoms with Crippen LogP contribution >= 0.6 is 0 Å². The summed E-state index contributed by atoms with van der Waals surface area (Å²) in [6.07, 6.45) is 7.97. The molecular formula is C19H29FN2. The monoisotopic (exact) mass is 304 g/mol. The molecule has 1 heterocycles. The minimum Gasteiger partial charge on any atom is -0.312 e. The fourth-order valence-electron chi connectivity index (χ4n) is 4.24. The van der Waals surface area contributed by atoms with Gasteiger partial charge < -0.3 is 10.2 Å². The lowest BCUT2D eigenvalue weighted by Gasteiger charge is -2.36. The highest BCUT2D eigenvalue weighted by molar-refractivity contribution is 5.17. The lowest BCUT2D eigenvalue weighted by Crippen LogP contribution is -2.49. The fourth-order valence-corrected chi connectivity index (χ4v) is 4.24. The highest BCUT2D eigenvalue weighted by atomic mass is 19.1. The van der Waals surface area contributed by atoms with E-state index in [2.05, 4.69) is 17.3 Å². The van der Waals surface area contributed by atoms with Gasteiger partial charge in [0.15, 0.2) is 0 Å². The summed E-state index contributed by atoms with van der Waals surface area (Å²) in [7, 11) is 2.22. The summed E-state index contributed by atoms with van der Waals surface area (Å²) < 4.78 is 13.0. The van der Waals surface area contributed by atoms with Crippen molar-refractivity contribution in [1.82, 2.24) is 10.2 Å². The van der Waals surface area contributed by atoms with E-state index in [1.807, 2.05) is 12.1 Å². The molecule has 1 N–H and O–H groups in total. The van der Waals surface area contributed by atoms with Gasteiger partial charge in [0.25, 0.3) is 0 Å². The highest BCUT2D eigenvalue weighted by Crippen LogP contribution is 2.25.